The van der Waals surface area contributed by atoms with Crippen molar-refractivity contribution in [2.45, 2.75) is 37.5 Å². The molecule has 2 rings (SSSR count). The lowest BCUT2D eigenvalue weighted by molar-refractivity contribution is -0.145. The van der Waals surface area contributed by atoms with Gasteiger partial charge in [0.2, 0.25) is 0 Å². The Bertz CT molecular complexity index is 654. The molecule has 1 saturated carbocycles. The molecule has 112 valence electrons. The van der Waals surface area contributed by atoms with E-state index in [0.717, 1.165) is 25.7 Å². The van der Waals surface area contributed by atoms with Crippen molar-refractivity contribution in [3.8, 4) is 6.07 Å². The first-order valence-corrected chi connectivity index (χ1v) is 8.69. The number of nitrogens with zero attached hydrogens (tertiary/aromatic N) is 1. The quantitative estimate of drug-likeness (QED) is 0.776. The SMILES string of the molecule is N#Cc1cccc(CS(=O)(=O)CC(=O)OC2CCCC2)c1. The number of esters is 1. The molecule has 0 saturated heterocycles. The predicted molar refractivity (Wildman–Crippen MR) is 77.0 cm³/mol. The Balaban J connectivity index is 1.94. The Morgan fingerprint density at radius 3 is 2.71 bits per heavy atom. The molecule has 1 aliphatic rings. The van der Waals surface area contributed by atoms with Crippen molar-refractivity contribution in [3.63, 3.8) is 0 Å². The highest BCUT2D eigenvalue weighted by molar-refractivity contribution is 7.91. The lowest BCUT2D eigenvalue weighted by Crippen LogP contribution is -2.23. The number of ether oxygens (including phenoxy) is 1. The first-order chi connectivity index (χ1) is 9.98. The zero-order valence-electron chi connectivity index (χ0n) is 11.6. The van der Waals surface area contributed by atoms with Crippen molar-refractivity contribution in [2.24, 2.45) is 0 Å². The number of nitriles is 1. The van der Waals surface area contributed by atoms with Gasteiger partial charge in [0.25, 0.3) is 0 Å². The van der Waals surface area contributed by atoms with Crippen LogP contribution in [-0.2, 0) is 25.1 Å². The standard InChI is InChI=1S/C15H17NO4S/c16-9-12-4-3-5-13(8-12)10-21(18,19)11-15(17)20-14-6-1-2-7-14/h3-5,8,14H,1-2,6-7,10-11H2. The fourth-order valence-corrected chi connectivity index (χ4v) is 3.66. The van der Waals surface area contributed by atoms with Crippen LogP contribution >= 0.6 is 0 Å². The average molecular weight is 307 g/mol. The highest BCUT2D eigenvalue weighted by atomic mass is 32.2. The molecule has 0 radical (unpaired) electrons. The Morgan fingerprint density at radius 1 is 1.33 bits per heavy atom. The van der Waals surface area contributed by atoms with Crippen LogP contribution in [0.15, 0.2) is 24.3 Å². The summed E-state index contributed by atoms with van der Waals surface area (Å²) in [6.45, 7) is 0. The van der Waals surface area contributed by atoms with E-state index in [2.05, 4.69) is 0 Å². The maximum Gasteiger partial charge on any atom is 0.321 e. The molecule has 0 heterocycles. The van der Waals surface area contributed by atoms with Crippen LogP contribution < -0.4 is 0 Å². The van der Waals surface area contributed by atoms with Gasteiger partial charge in [-0.3, -0.25) is 4.79 Å². The lowest BCUT2D eigenvalue weighted by Gasteiger charge is -2.11. The smallest absolute Gasteiger partial charge is 0.321 e. The van der Waals surface area contributed by atoms with E-state index in [4.69, 9.17) is 10.00 Å². The third-order valence-corrected chi connectivity index (χ3v) is 4.83. The van der Waals surface area contributed by atoms with Gasteiger partial charge in [0.05, 0.1) is 17.4 Å². The van der Waals surface area contributed by atoms with Gasteiger partial charge >= 0.3 is 5.97 Å². The van der Waals surface area contributed by atoms with Crippen LogP contribution in [0.2, 0.25) is 0 Å². The lowest BCUT2D eigenvalue weighted by atomic mass is 10.2. The molecule has 0 unspecified atom stereocenters. The van der Waals surface area contributed by atoms with E-state index in [-0.39, 0.29) is 11.9 Å². The molecular formula is C15H17NO4S. The maximum absolute atomic E-state index is 12.0. The van der Waals surface area contributed by atoms with Crippen molar-refractivity contribution >= 4 is 15.8 Å². The average Bonchev–Trinajstić information content (AvgIpc) is 2.90. The zero-order chi connectivity index (χ0) is 15.3. The summed E-state index contributed by atoms with van der Waals surface area (Å²) in [6.07, 6.45) is 3.54. The molecule has 0 spiro atoms. The molecular weight excluding hydrogens is 290 g/mol. The van der Waals surface area contributed by atoms with Crippen LogP contribution in [0.5, 0.6) is 0 Å². The number of rotatable bonds is 5. The Kier molecular flexibility index (Phi) is 4.97. The summed E-state index contributed by atoms with van der Waals surface area (Å²) < 4.78 is 29.2. The third kappa shape index (κ3) is 4.87. The number of hydrogen-bond donors (Lipinski definition) is 0. The minimum Gasteiger partial charge on any atom is -0.462 e. The fourth-order valence-electron chi connectivity index (χ4n) is 2.44. The Labute approximate surface area is 124 Å². The first-order valence-electron chi connectivity index (χ1n) is 6.87. The number of carbonyl (C=O) groups is 1. The van der Waals surface area contributed by atoms with E-state index in [1.807, 2.05) is 6.07 Å². The molecule has 0 aliphatic heterocycles. The molecule has 0 amide bonds. The number of hydrogen-bond acceptors (Lipinski definition) is 5. The fraction of sp³-hybridized carbons (Fsp3) is 0.467. The molecule has 0 bridgehead atoms. The molecule has 21 heavy (non-hydrogen) atoms. The second kappa shape index (κ2) is 6.72. The molecule has 6 heteroatoms. The van der Waals surface area contributed by atoms with Crippen molar-refractivity contribution in [1.82, 2.24) is 0 Å². The predicted octanol–water partition coefficient (Wildman–Crippen LogP) is 1.96. The molecule has 0 atom stereocenters. The molecule has 0 aromatic heterocycles. The Hall–Kier alpha value is -1.87. The minimum atomic E-state index is -3.58. The van der Waals surface area contributed by atoms with Crippen LogP contribution in [0.1, 0.15) is 36.8 Å². The van der Waals surface area contributed by atoms with Gasteiger partial charge in [0.1, 0.15) is 11.9 Å². The largest absolute Gasteiger partial charge is 0.462 e. The van der Waals surface area contributed by atoms with Gasteiger partial charge in [-0.15, -0.1) is 0 Å². The van der Waals surface area contributed by atoms with Crippen molar-refractivity contribution in [3.05, 3.63) is 35.4 Å². The van der Waals surface area contributed by atoms with Gasteiger partial charge in [-0.2, -0.15) is 5.26 Å². The summed E-state index contributed by atoms with van der Waals surface area (Å²) in [5.74, 6) is -1.55. The van der Waals surface area contributed by atoms with E-state index < -0.39 is 21.6 Å². The third-order valence-electron chi connectivity index (χ3n) is 3.38. The summed E-state index contributed by atoms with van der Waals surface area (Å²) in [5.41, 5.74) is 0.902. The van der Waals surface area contributed by atoms with Gasteiger partial charge in [0, 0.05) is 0 Å². The van der Waals surface area contributed by atoms with Crippen LogP contribution in [-0.4, -0.2) is 26.2 Å². The van der Waals surface area contributed by atoms with Gasteiger partial charge in [-0.05, 0) is 43.4 Å². The second-order valence-corrected chi connectivity index (χ2v) is 7.31. The van der Waals surface area contributed by atoms with Crippen molar-refractivity contribution in [2.75, 3.05) is 5.75 Å². The molecule has 5 nitrogen and oxygen atoms in total. The van der Waals surface area contributed by atoms with Crippen LogP contribution in [0.4, 0.5) is 0 Å². The molecule has 1 aromatic carbocycles. The van der Waals surface area contributed by atoms with Gasteiger partial charge < -0.3 is 4.74 Å². The van der Waals surface area contributed by atoms with Crippen LogP contribution in [0.3, 0.4) is 0 Å². The Morgan fingerprint density at radius 2 is 2.05 bits per heavy atom. The minimum absolute atomic E-state index is 0.130. The van der Waals surface area contributed by atoms with E-state index in [1.54, 1.807) is 18.2 Å². The monoisotopic (exact) mass is 307 g/mol. The normalized spacial score (nSPS) is 15.6. The summed E-state index contributed by atoms with van der Waals surface area (Å²) in [7, 11) is -3.58. The van der Waals surface area contributed by atoms with Crippen molar-refractivity contribution in [1.29, 1.82) is 5.26 Å². The highest BCUT2D eigenvalue weighted by Gasteiger charge is 2.23. The highest BCUT2D eigenvalue weighted by Crippen LogP contribution is 2.21. The summed E-state index contributed by atoms with van der Waals surface area (Å²) in [5, 5.41) is 8.79. The molecule has 1 fully saturated rings. The topological polar surface area (TPSA) is 84.2 Å². The summed E-state index contributed by atoms with van der Waals surface area (Å²) >= 11 is 0. The van der Waals surface area contributed by atoms with Crippen LogP contribution in [0, 0.1) is 11.3 Å². The van der Waals surface area contributed by atoms with E-state index in [0.29, 0.717) is 11.1 Å². The van der Waals surface area contributed by atoms with Gasteiger partial charge in [0.15, 0.2) is 9.84 Å². The molecule has 1 aliphatic carbocycles. The van der Waals surface area contributed by atoms with Gasteiger partial charge in [-0.25, -0.2) is 8.42 Å². The number of benzene rings is 1. The number of sulfone groups is 1. The van der Waals surface area contributed by atoms with E-state index >= 15 is 0 Å². The van der Waals surface area contributed by atoms with E-state index in [9.17, 15) is 13.2 Å². The van der Waals surface area contributed by atoms with Gasteiger partial charge in [-0.1, -0.05) is 12.1 Å². The van der Waals surface area contributed by atoms with E-state index in [1.165, 1.54) is 6.07 Å². The van der Waals surface area contributed by atoms with Crippen molar-refractivity contribution < 1.29 is 17.9 Å². The summed E-state index contributed by atoms with van der Waals surface area (Å²) in [4.78, 5) is 11.7. The second-order valence-electron chi connectivity index (χ2n) is 5.24. The van der Waals surface area contributed by atoms with Crippen LogP contribution in [0.25, 0.3) is 0 Å². The maximum atomic E-state index is 12.0. The summed E-state index contributed by atoms with van der Waals surface area (Å²) in [6, 6.07) is 8.32. The first kappa shape index (κ1) is 15.5. The number of carbonyl (C=O) groups excluding carboxylic acids is 1. The molecule has 0 N–H and O–H groups in total. The zero-order valence-corrected chi connectivity index (χ0v) is 12.4. The molecule has 1 aromatic rings.